The molecule has 3 nitrogen and oxygen atoms in total. The van der Waals surface area contributed by atoms with E-state index in [1.807, 2.05) is 31.5 Å². The van der Waals surface area contributed by atoms with E-state index >= 15 is 0 Å². The van der Waals surface area contributed by atoms with Crippen LogP contribution in [-0.2, 0) is 11.8 Å². The van der Waals surface area contributed by atoms with Gasteiger partial charge in [-0.3, -0.25) is 4.79 Å². The van der Waals surface area contributed by atoms with E-state index in [-0.39, 0.29) is 12.4 Å². The molecule has 88 valence electrons. The van der Waals surface area contributed by atoms with Gasteiger partial charge in [0.15, 0.2) is 5.78 Å². The smallest absolute Gasteiger partial charge is 0.190 e. The molecule has 1 saturated carbocycles. The van der Waals surface area contributed by atoms with Gasteiger partial charge in [-0.2, -0.15) is 0 Å². The van der Waals surface area contributed by atoms with Gasteiger partial charge in [0.05, 0.1) is 6.10 Å². The molecule has 3 heteroatoms. The molecule has 1 aromatic heterocycles. The quantitative estimate of drug-likeness (QED) is 0.731. The summed E-state index contributed by atoms with van der Waals surface area (Å²) in [5, 5.41) is 0. The molecule has 0 N–H and O–H groups in total. The van der Waals surface area contributed by atoms with Crippen LogP contribution in [0, 0.1) is 13.8 Å². The van der Waals surface area contributed by atoms with Gasteiger partial charge >= 0.3 is 0 Å². The van der Waals surface area contributed by atoms with Crippen LogP contribution in [0.1, 0.15) is 41.0 Å². The fraction of sp³-hybridized carbons (Fsp3) is 0.615. The maximum atomic E-state index is 11.9. The monoisotopic (exact) mass is 221 g/mol. The van der Waals surface area contributed by atoms with E-state index in [0.717, 1.165) is 29.8 Å². The highest BCUT2D eigenvalue weighted by Gasteiger charge is 2.20. The first-order chi connectivity index (χ1) is 7.59. The van der Waals surface area contributed by atoms with Crippen molar-refractivity contribution in [2.45, 2.75) is 39.2 Å². The maximum absolute atomic E-state index is 11.9. The Morgan fingerprint density at radius 3 is 2.62 bits per heavy atom. The molecule has 0 unspecified atom stereocenters. The summed E-state index contributed by atoms with van der Waals surface area (Å²) in [6.07, 6.45) is 3.79. The molecule has 0 radical (unpaired) electrons. The number of hydrogen-bond donors (Lipinski definition) is 0. The standard InChI is InChI=1S/C13H19NO2/c1-9-7-12(10(2)14(9)3)13(15)8-16-11-5-4-6-11/h7,11H,4-6,8H2,1-3H3. The highest BCUT2D eigenvalue weighted by molar-refractivity contribution is 5.98. The molecule has 1 aliphatic carbocycles. The van der Waals surface area contributed by atoms with Crippen LogP contribution in [-0.4, -0.2) is 23.1 Å². The molecule has 0 bridgehead atoms. The minimum absolute atomic E-state index is 0.105. The van der Waals surface area contributed by atoms with Crippen molar-refractivity contribution in [1.29, 1.82) is 0 Å². The molecule has 0 aliphatic heterocycles. The average molecular weight is 221 g/mol. The Hall–Kier alpha value is -1.09. The van der Waals surface area contributed by atoms with Crippen molar-refractivity contribution in [2.24, 2.45) is 7.05 Å². The second-order valence-corrected chi connectivity index (χ2v) is 4.63. The van der Waals surface area contributed by atoms with Crippen molar-refractivity contribution in [2.75, 3.05) is 6.61 Å². The van der Waals surface area contributed by atoms with E-state index in [9.17, 15) is 4.79 Å². The zero-order valence-corrected chi connectivity index (χ0v) is 10.2. The second kappa shape index (κ2) is 4.42. The van der Waals surface area contributed by atoms with E-state index in [1.165, 1.54) is 6.42 Å². The summed E-state index contributed by atoms with van der Waals surface area (Å²) in [5.41, 5.74) is 2.95. The molecule has 1 fully saturated rings. The van der Waals surface area contributed by atoms with Gasteiger partial charge in [-0.1, -0.05) is 0 Å². The SMILES string of the molecule is Cc1cc(C(=O)COC2CCC2)c(C)n1C. The number of carbonyl (C=O) groups is 1. The van der Waals surface area contributed by atoms with Gasteiger partial charge in [-0.05, 0) is 39.2 Å². The van der Waals surface area contributed by atoms with Gasteiger partial charge in [0.2, 0.25) is 0 Å². The fourth-order valence-corrected chi connectivity index (χ4v) is 1.95. The fourth-order valence-electron chi connectivity index (χ4n) is 1.95. The van der Waals surface area contributed by atoms with Crippen molar-refractivity contribution in [3.8, 4) is 0 Å². The van der Waals surface area contributed by atoms with E-state index in [4.69, 9.17) is 4.74 Å². The predicted octanol–water partition coefficient (Wildman–Crippen LogP) is 2.39. The average Bonchev–Trinajstić information content (AvgIpc) is 2.43. The van der Waals surface area contributed by atoms with E-state index in [1.54, 1.807) is 0 Å². The Bertz CT molecular complexity index is 402. The zero-order valence-electron chi connectivity index (χ0n) is 10.2. The molecule has 0 aromatic carbocycles. The molecule has 0 spiro atoms. The molecule has 0 amide bonds. The number of aromatic nitrogens is 1. The van der Waals surface area contributed by atoms with Crippen LogP contribution in [0.5, 0.6) is 0 Å². The summed E-state index contributed by atoms with van der Waals surface area (Å²) < 4.78 is 7.58. The highest BCUT2D eigenvalue weighted by atomic mass is 16.5. The number of ether oxygens (including phenoxy) is 1. The lowest BCUT2D eigenvalue weighted by Crippen LogP contribution is -2.24. The third-order valence-electron chi connectivity index (χ3n) is 3.58. The highest BCUT2D eigenvalue weighted by Crippen LogP contribution is 2.22. The summed E-state index contributed by atoms with van der Waals surface area (Å²) >= 11 is 0. The topological polar surface area (TPSA) is 31.2 Å². The lowest BCUT2D eigenvalue weighted by atomic mass is 9.96. The number of Topliss-reactive ketones (excluding diaryl/α,β-unsaturated/α-hetero) is 1. The third kappa shape index (κ3) is 2.05. The van der Waals surface area contributed by atoms with E-state index in [2.05, 4.69) is 0 Å². The van der Waals surface area contributed by atoms with E-state index < -0.39 is 0 Å². The first-order valence-electron chi connectivity index (χ1n) is 5.87. The van der Waals surface area contributed by atoms with Crippen LogP contribution in [0.25, 0.3) is 0 Å². The first-order valence-corrected chi connectivity index (χ1v) is 5.87. The predicted molar refractivity (Wildman–Crippen MR) is 62.8 cm³/mol. The third-order valence-corrected chi connectivity index (χ3v) is 3.58. The zero-order chi connectivity index (χ0) is 11.7. The van der Waals surface area contributed by atoms with Crippen molar-refractivity contribution in [3.63, 3.8) is 0 Å². The van der Waals surface area contributed by atoms with Crippen molar-refractivity contribution in [1.82, 2.24) is 4.57 Å². The normalized spacial score (nSPS) is 16.2. The van der Waals surface area contributed by atoms with Crippen LogP contribution in [0.3, 0.4) is 0 Å². The van der Waals surface area contributed by atoms with Crippen LogP contribution in [0.15, 0.2) is 6.07 Å². The van der Waals surface area contributed by atoms with Gasteiger partial charge in [0, 0.05) is 24.0 Å². The largest absolute Gasteiger partial charge is 0.370 e. The van der Waals surface area contributed by atoms with Crippen LogP contribution in [0.2, 0.25) is 0 Å². The molecule has 1 heterocycles. The van der Waals surface area contributed by atoms with Crippen molar-refractivity contribution >= 4 is 5.78 Å². The summed E-state index contributed by atoms with van der Waals surface area (Å²) in [5.74, 6) is 0.105. The number of rotatable bonds is 4. The number of nitrogens with zero attached hydrogens (tertiary/aromatic N) is 1. The molecule has 0 saturated heterocycles. The lowest BCUT2D eigenvalue weighted by Gasteiger charge is -2.25. The van der Waals surface area contributed by atoms with Crippen molar-refractivity contribution in [3.05, 3.63) is 23.0 Å². The Kier molecular flexibility index (Phi) is 3.15. The van der Waals surface area contributed by atoms with Crippen LogP contribution in [0.4, 0.5) is 0 Å². The summed E-state index contributed by atoms with van der Waals surface area (Å²) in [6, 6.07) is 1.95. The molecule has 1 aromatic rings. The molecule has 1 aliphatic rings. The van der Waals surface area contributed by atoms with Gasteiger partial charge < -0.3 is 9.30 Å². The minimum atomic E-state index is 0.105. The molecule has 16 heavy (non-hydrogen) atoms. The number of aryl methyl sites for hydroxylation is 1. The Labute approximate surface area is 96.4 Å². The van der Waals surface area contributed by atoms with Gasteiger partial charge in [0.25, 0.3) is 0 Å². The summed E-state index contributed by atoms with van der Waals surface area (Å²) in [7, 11) is 1.98. The van der Waals surface area contributed by atoms with Gasteiger partial charge in [0.1, 0.15) is 6.61 Å². The minimum Gasteiger partial charge on any atom is -0.370 e. The summed E-state index contributed by atoms with van der Waals surface area (Å²) in [4.78, 5) is 11.9. The molecule has 2 rings (SSSR count). The molecule has 0 atom stereocenters. The van der Waals surface area contributed by atoms with Crippen LogP contribution >= 0.6 is 0 Å². The maximum Gasteiger partial charge on any atom is 0.190 e. The Morgan fingerprint density at radius 2 is 2.19 bits per heavy atom. The van der Waals surface area contributed by atoms with Crippen molar-refractivity contribution < 1.29 is 9.53 Å². The molecular weight excluding hydrogens is 202 g/mol. The number of carbonyl (C=O) groups excluding carboxylic acids is 1. The van der Waals surface area contributed by atoms with Crippen LogP contribution < -0.4 is 0 Å². The molecular formula is C13H19NO2. The van der Waals surface area contributed by atoms with Gasteiger partial charge in [-0.25, -0.2) is 0 Å². The Balaban J connectivity index is 1.99. The first kappa shape index (κ1) is 11.4. The van der Waals surface area contributed by atoms with E-state index in [0.29, 0.717) is 6.10 Å². The number of ketones is 1. The second-order valence-electron chi connectivity index (χ2n) is 4.63. The van der Waals surface area contributed by atoms with Gasteiger partial charge in [-0.15, -0.1) is 0 Å². The summed E-state index contributed by atoms with van der Waals surface area (Å²) in [6.45, 7) is 4.22. The lowest BCUT2D eigenvalue weighted by molar-refractivity contribution is 0.00728. The Morgan fingerprint density at radius 1 is 1.50 bits per heavy atom. The number of hydrogen-bond acceptors (Lipinski definition) is 2.